The van der Waals surface area contributed by atoms with E-state index >= 15 is 0 Å². The number of ether oxygens (including phenoxy) is 1. The minimum Gasteiger partial charge on any atom is -0.486 e. The number of aromatic nitrogens is 4. The van der Waals surface area contributed by atoms with Gasteiger partial charge in [-0.15, -0.1) is 0 Å². The molecule has 0 bridgehead atoms. The quantitative estimate of drug-likeness (QED) is 0.307. The van der Waals surface area contributed by atoms with Crippen LogP contribution in [-0.4, -0.2) is 32.6 Å². The maximum atomic E-state index is 5.97. The second-order valence-corrected chi connectivity index (χ2v) is 9.48. The summed E-state index contributed by atoms with van der Waals surface area (Å²) < 4.78 is 5.97. The highest BCUT2D eigenvalue weighted by atomic mass is 16.5. The average molecular weight is 465 g/mol. The average Bonchev–Trinajstić information content (AvgIpc) is 2.82. The Bertz CT molecular complexity index is 1540. The number of benzene rings is 2. The molecule has 2 N–H and O–H groups in total. The monoisotopic (exact) mass is 464 g/mol. The summed E-state index contributed by atoms with van der Waals surface area (Å²) in [6.45, 7) is 8.18. The number of hydrogen-bond donors (Lipinski definition) is 2. The van der Waals surface area contributed by atoms with Gasteiger partial charge >= 0.3 is 0 Å². The van der Waals surface area contributed by atoms with Crippen molar-refractivity contribution in [3.8, 4) is 16.9 Å². The van der Waals surface area contributed by atoms with Crippen molar-refractivity contribution < 1.29 is 4.74 Å². The van der Waals surface area contributed by atoms with E-state index in [0.29, 0.717) is 11.7 Å². The van der Waals surface area contributed by atoms with Crippen molar-refractivity contribution in [3.05, 3.63) is 72.8 Å². The molecular weight excluding hydrogens is 436 g/mol. The molecule has 0 unspecified atom stereocenters. The van der Waals surface area contributed by atoms with E-state index < -0.39 is 0 Å². The fourth-order valence-electron chi connectivity index (χ4n) is 4.19. The van der Waals surface area contributed by atoms with Crippen LogP contribution in [0.1, 0.15) is 26.3 Å². The zero-order chi connectivity index (χ0) is 24.6. The fraction of sp³-hybridized carbons (Fsp3) is 0.214. The molecule has 5 aromatic rings. The van der Waals surface area contributed by atoms with E-state index in [2.05, 4.69) is 67.8 Å². The van der Waals surface area contributed by atoms with Crippen molar-refractivity contribution in [2.75, 3.05) is 17.7 Å². The fourth-order valence-corrected chi connectivity index (χ4v) is 4.19. The summed E-state index contributed by atoms with van der Waals surface area (Å²) in [5.41, 5.74) is 4.88. The van der Waals surface area contributed by atoms with E-state index in [1.807, 2.05) is 52.3 Å². The number of rotatable bonds is 5. The van der Waals surface area contributed by atoms with E-state index in [4.69, 9.17) is 4.74 Å². The first kappa shape index (κ1) is 22.5. The van der Waals surface area contributed by atoms with Gasteiger partial charge in [0.15, 0.2) is 0 Å². The lowest BCUT2D eigenvalue weighted by Gasteiger charge is -2.21. The molecular formula is C28H28N6O. The predicted molar refractivity (Wildman–Crippen MR) is 142 cm³/mol. The van der Waals surface area contributed by atoms with E-state index in [0.717, 1.165) is 44.3 Å². The predicted octanol–water partition coefficient (Wildman–Crippen LogP) is 6.51. The molecule has 0 saturated carbocycles. The molecule has 7 heteroatoms. The topological polar surface area (TPSA) is 84.9 Å². The highest BCUT2D eigenvalue weighted by Gasteiger charge is 2.14. The van der Waals surface area contributed by atoms with Crippen molar-refractivity contribution in [2.45, 2.75) is 33.3 Å². The summed E-state index contributed by atoms with van der Waals surface area (Å²) in [5, 5.41) is 9.56. The summed E-state index contributed by atoms with van der Waals surface area (Å²) >= 11 is 0. The molecule has 3 heterocycles. The number of hydrogen-bond acceptors (Lipinski definition) is 7. The van der Waals surface area contributed by atoms with Crippen LogP contribution in [0.2, 0.25) is 0 Å². The minimum absolute atomic E-state index is 0.302. The van der Waals surface area contributed by atoms with Crippen molar-refractivity contribution in [3.63, 3.8) is 0 Å². The molecule has 176 valence electrons. The van der Waals surface area contributed by atoms with Gasteiger partial charge in [0.2, 0.25) is 5.95 Å². The summed E-state index contributed by atoms with van der Waals surface area (Å²) in [6, 6.07) is 14.5. The number of pyridine rings is 2. The van der Waals surface area contributed by atoms with Gasteiger partial charge in [0.25, 0.3) is 0 Å². The Morgan fingerprint density at radius 2 is 1.74 bits per heavy atom. The molecule has 0 aliphatic rings. The van der Waals surface area contributed by atoms with Crippen molar-refractivity contribution in [2.24, 2.45) is 0 Å². The van der Waals surface area contributed by atoms with Crippen LogP contribution in [0.5, 0.6) is 5.75 Å². The van der Waals surface area contributed by atoms with Crippen molar-refractivity contribution >= 4 is 39.1 Å². The van der Waals surface area contributed by atoms with Crippen molar-refractivity contribution in [1.82, 2.24) is 19.9 Å². The van der Waals surface area contributed by atoms with Gasteiger partial charge in [-0.3, -0.25) is 4.98 Å². The van der Waals surface area contributed by atoms with Crippen LogP contribution < -0.4 is 15.4 Å². The lowest BCUT2D eigenvalue weighted by molar-refractivity contribution is 0.130. The molecule has 5 rings (SSSR count). The Morgan fingerprint density at radius 1 is 0.886 bits per heavy atom. The molecule has 0 fully saturated rings. The molecule has 0 aliphatic heterocycles. The second-order valence-electron chi connectivity index (χ2n) is 9.48. The number of nitrogens with one attached hydrogen (secondary N) is 2. The second kappa shape index (κ2) is 8.83. The first-order chi connectivity index (χ1) is 16.8. The summed E-state index contributed by atoms with van der Waals surface area (Å²) in [6.07, 6.45) is 7.18. The number of nitrogens with zero attached hydrogens (tertiary/aromatic N) is 4. The van der Waals surface area contributed by atoms with E-state index in [9.17, 15) is 0 Å². The normalized spacial score (nSPS) is 11.6. The van der Waals surface area contributed by atoms with Crippen LogP contribution in [-0.2, 0) is 0 Å². The molecule has 0 spiro atoms. The number of fused-ring (bicyclic) bond motifs is 2. The van der Waals surface area contributed by atoms with E-state index in [1.165, 1.54) is 5.56 Å². The van der Waals surface area contributed by atoms with Crippen molar-refractivity contribution in [1.29, 1.82) is 0 Å². The molecule has 0 atom stereocenters. The largest absolute Gasteiger partial charge is 0.486 e. The smallest absolute Gasteiger partial charge is 0.222 e. The molecule has 7 nitrogen and oxygen atoms in total. The third-order valence-electron chi connectivity index (χ3n) is 5.65. The molecule has 0 radical (unpaired) electrons. The van der Waals surface area contributed by atoms with Crippen LogP contribution in [0, 0.1) is 6.92 Å². The minimum atomic E-state index is -0.302. The Kier molecular flexibility index (Phi) is 5.68. The van der Waals surface area contributed by atoms with Crippen LogP contribution in [0.25, 0.3) is 32.8 Å². The Labute approximate surface area is 204 Å². The Morgan fingerprint density at radius 3 is 2.54 bits per heavy atom. The summed E-state index contributed by atoms with van der Waals surface area (Å²) in [5.74, 6) is 2.08. The molecule has 0 aliphatic carbocycles. The third-order valence-corrected chi connectivity index (χ3v) is 5.65. The van der Waals surface area contributed by atoms with E-state index in [1.54, 1.807) is 12.4 Å². The molecule has 2 aromatic carbocycles. The summed E-state index contributed by atoms with van der Waals surface area (Å²) in [4.78, 5) is 17.9. The highest BCUT2D eigenvalue weighted by molar-refractivity contribution is 6.04. The van der Waals surface area contributed by atoms with Gasteiger partial charge in [0.1, 0.15) is 17.2 Å². The molecule has 0 amide bonds. The van der Waals surface area contributed by atoms with Crippen LogP contribution in [0.15, 0.2) is 67.3 Å². The first-order valence-electron chi connectivity index (χ1n) is 11.5. The maximum Gasteiger partial charge on any atom is 0.222 e. The highest BCUT2D eigenvalue weighted by Crippen LogP contribution is 2.36. The van der Waals surface area contributed by atoms with Gasteiger partial charge in [-0.1, -0.05) is 18.2 Å². The SMILES string of the molecule is CNc1ncc2cc(-c3c(C)ccc4c(Nc5cncc(OC(C)(C)C)c5)nccc34)ccc2n1. The number of anilines is 3. The Balaban J connectivity index is 1.57. The van der Waals surface area contributed by atoms with Gasteiger partial charge in [-0.25, -0.2) is 15.0 Å². The van der Waals surface area contributed by atoms with Gasteiger partial charge < -0.3 is 15.4 Å². The van der Waals surface area contributed by atoms with Gasteiger partial charge in [-0.2, -0.15) is 0 Å². The lowest BCUT2D eigenvalue weighted by atomic mass is 9.94. The zero-order valence-electron chi connectivity index (χ0n) is 20.5. The van der Waals surface area contributed by atoms with Crippen LogP contribution >= 0.6 is 0 Å². The van der Waals surface area contributed by atoms with E-state index in [-0.39, 0.29) is 5.60 Å². The lowest BCUT2D eigenvalue weighted by Crippen LogP contribution is -2.23. The molecule has 3 aromatic heterocycles. The van der Waals surface area contributed by atoms with Crippen LogP contribution in [0.3, 0.4) is 0 Å². The summed E-state index contributed by atoms with van der Waals surface area (Å²) in [7, 11) is 1.82. The Hall–Kier alpha value is -4.26. The third kappa shape index (κ3) is 4.71. The number of aryl methyl sites for hydroxylation is 1. The molecule has 35 heavy (non-hydrogen) atoms. The molecule has 0 saturated heterocycles. The van der Waals surface area contributed by atoms with Crippen LogP contribution in [0.4, 0.5) is 17.5 Å². The van der Waals surface area contributed by atoms with Gasteiger partial charge in [0.05, 0.1) is 23.6 Å². The van der Waals surface area contributed by atoms with Gasteiger partial charge in [0, 0.05) is 36.3 Å². The zero-order valence-corrected chi connectivity index (χ0v) is 20.5. The first-order valence-corrected chi connectivity index (χ1v) is 11.5. The maximum absolute atomic E-state index is 5.97. The standard InChI is InChI=1S/C28H28N6O/c1-17-6-8-23-22(25(17)18-7-9-24-19(12-18)14-32-27(29-5)34-24)10-11-31-26(23)33-20-13-21(16-30-15-20)35-28(2,3)4/h6-16H,1-5H3,(H,31,33)(H,29,32,34). The van der Waals surface area contributed by atoms with Gasteiger partial charge in [-0.05, 0) is 68.0 Å².